The van der Waals surface area contributed by atoms with Crippen LogP contribution in [-0.2, 0) is 20.9 Å². The molecule has 1 aliphatic rings. The topological polar surface area (TPSA) is 46.6 Å². The highest BCUT2D eigenvalue weighted by Gasteiger charge is 2.44. The summed E-state index contributed by atoms with van der Waals surface area (Å²) in [5, 5.41) is 0. The molecular formula is C14H17NO3. The van der Waals surface area contributed by atoms with Gasteiger partial charge in [-0.05, 0) is 12.5 Å². The van der Waals surface area contributed by atoms with Crippen molar-refractivity contribution in [1.29, 1.82) is 0 Å². The van der Waals surface area contributed by atoms with Crippen molar-refractivity contribution in [2.24, 2.45) is 5.92 Å². The lowest BCUT2D eigenvalue weighted by molar-refractivity contribution is -0.164. The summed E-state index contributed by atoms with van der Waals surface area (Å²) in [7, 11) is 0. The van der Waals surface area contributed by atoms with E-state index >= 15 is 0 Å². The number of hydrogen-bond donors (Lipinski definition) is 0. The summed E-state index contributed by atoms with van der Waals surface area (Å²) in [6.45, 7) is 4.16. The maximum atomic E-state index is 11.9. The van der Waals surface area contributed by atoms with Gasteiger partial charge in [0.15, 0.2) is 0 Å². The van der Waals surface area contributed by atoms with Crippen LogP contribution in [0, 0.1) is 5.92 Å². The summed E-state index contributed by atoms with van der Waals surface area (Å²) >= 11 is 0. The van der Waals surface area contributed by atoms with E-state index in [4.69, 9.17) is 4.74 Å². The summed E-state index contributed by atoms with van der Waals surface area (Å²) in [5.74, 6) is -0.457. The van der Waals surface area contributed by atoms with Gasteiger partial charge in [0.05, 0.1) is 5.92 Å². The first-order valence-electron chi connectivity index (χ1n) is 6.07. The molecule has 1 aromatic rings. The molecule has 0 aromatic heterocycles. The number of carbonyl (C=O) groups excluding carboxylic acids is 2. The van der Waals surface area contributed by atoms with Gasteiger partial charge in [-0.1, -0.05) is 30.3 Å². The van der Waals surface area contributed by atoms with Crippen molar-refractivity contribution in [1.82, 2.24) is 4.90 Å². The maximum Gasteiger partial charge on any atom is 0.302 e. The maximum absolute atomic E-state index is 11.9. The van der Waals surface area contributed by atoms with Crippen LogP contribution in [0.15, 0.2) is 30.3 Å². The van der Waals surface area contributed by atoms with E-state index in [2.05, 4.69) is 0 Å². The molecule has 2 atom stereocenters. The molecule has 1 fully saturated rings. The summed E-state index contributed by atoms with van der Waals surface area (Å²) in [5.41, 5.74) is 1.11. The highest BCUT2D eigenvalue weighted by atomic mass is 16.5. The van der Waals surface area contributed by atoms with Gasteiger partial charge in [-0.25, -0.2) is 0 Å². The Bertz CT molecular complexity index is 444. The lowest BCUT2D eigenvalue weighted by atomic mass is 9.89. The molecule has 18 heavy (non-hydrogen) atoms. The molecule has 1 heterocycles. The van der Waals surface area contributed by atoms with Gasteiger partial charge in [0.2, 0.25) is 5.91 Å². The SMILES string of the molecule is CC(=O)OC[C@H]1C(=O)N(Cc2ccccc2)[C@@H]1C. The minimum atomic E-state index is -0.337. The monoisotopic (exact) mass is 247 g/mol. The predicted octanol–water partition coefficient (Wildman–Crippen LogP) is 1.60. The molecule has 0 saturated carbocycles. The second-order valence-corrected chi connectivity index (χ2v) is 4.60. The van der Waals surface area contributed by atoms with Gasteiger partial charge in [-0.3, -0.25) is 9.59 Å². The average molecular weight is 247 g/mol. The summed E-state index contributed by atoms with van der Waals surface area (Å²) in [4.78, 5) is 24.5. The molecule has 0 unspecified atom stereocenters. The van der Waals surface area contributed by atoms with Crippen LogP contribution in [0.2, 0.25) is 0 Å². The Labute approximate surface area is 107 Å². The van der Waals surface area contributed by atoms with E-state index in [0.29, 0.717) is 6.54 Å². The zero-order chi connectivity index (χ0) is 13.1. The highest BCUT2D eigenvalue weighted by molar-refractivity contribution is 5.86. The molecular weight excluding hydrogens is 230 g/mol. The first kappa shape index (κ1) is 12.6. The fourth-order valence-corrected chi connectivity index (χ4v) is 2.17. The molecule has 4 heteroatoms. The van der Waals surface area contributed by atoms with E-state index in [1.165, 1.54) is 6.92 Å². The first-order valence-corrected chi connectivity index (χ1v) is 6.07. The van der Waals surface area contributed by atoms with Crippen molar-refractivity contribution < 1.29 is 14.3 Å². The zero-order valence-corrected chi connectivity index (χ0v) is 10.6. The smallest absolute Gasteiger partial charge is 0.302 e. The summed E-state index contributed by atoms with van der Waals surface area (Å²) in [6, 6.07) is 9.99. The third-order valence-electron chi connectivity index (χ3n) is 3.34. The van der Waals surface area contributed by atoms with Crippen LogP contribution in [0.4, 0.5) is 0 Å². The number of carbonyl (C=O) groups is 2. The largest absolute Gasteiger partial charge is 0.465 e. The third-order valence-corrected chi connectivity index (χ3v) is 3.34. The molecule has 1 aliphatic heterocycles. The van der Waals surface area contributed by atoms with E-state index in [1.54, 1.807) is 0 Å². The van der Waals surface area contributed by atoms with Gasteiger partial charge in [0.1, 0.15) is 6.61 Å². The minimum Gasteiger partial charge on any atom is -0.465 e. The van der Waals surface area contributed by atoms with E-state index in [9.17, 15) is 9.59 Å². The second-order valence-electron chi connectivity index (χ2n) is 4.60. The van der Waals surface area contributed by atoms with Crippen molar-refractivity contribution in [2.45, 2.75) is 26.4 Å². The molecule has 1 saturated heterocycles. The fourth-order valence-electron chi connectivity index (χ4n) is 2.17. The fraction of sp³-hybridized carbons (Fsp3) is 0.429. The number of β-lactam (4-membered cyclic amide) rings is 1. The normalized spacial score (nSPS) is 22.6. The standard InChI is InChI=1S/C14H17NO3/c1-10-13(9-18-11(2)16)14(17)15(10)8-12-6-4-3-5-7-12/h3-7,10,13H,8-9H2,1-2H3/t10-,13-/m1/s1. The number of benzene rings is 1. The van der Waals surface area contributed by atoms with Crippen molar-refractivity contribution in [3.8, 4) is 0 Å². The Balaban J connectivity index is 1.90. The predicted molar refractivity (Wildman–Crippen MR) is 66.6 cm³/mol. The van der Waals surface area contributed by atoms with Crippen molar-refractivity contribution in [3.05, 3.63) is 35.9 Å². The van der Waals surface area contributed by atoms with E-state index in [0.717, 1.165) is 5.56 Å². The number of amides is 1. The van der Waals surface area contributed by atoms with Crippen LogP contribution in [0.5, 0.6) is 0 Å². The first-order chi connectivity index (χ1) is 8.59. The Morgan fingerprint density at radius 3 is 2.56 bits per heavy atom. The Morgan fingerprint density at radius 2 is 2.00 bits per heavy atom. The van der Waals surface area contributed by atoms with E-state index in [1.807, 2.05) is 42.2 Å². The summed E-state index contributed by atoms with van der Waals surface area (Å²) in [6.07, 6.45) is 0. The van der Waals surface area contributed by atoms with Gasteiger partial charge >= 0.3 is 5.97 Å². The number of nitrogens with zero attached hydrogens (tertiary/aromatic N) is 1. The second kappa shape index (κ2) is 5.21. The Hall–Kier alpha value is -1.84. The quantitative estimate of drug-likeness (QED) is 0.599. The minimum absolute atomic E-state index is 0.0626. The van der Waals surface area contributed by atoms with Gasteiger partial charge in [0.25, 0.3) is 0 Å². The number of rotatable bonds is 4. The number of esters is 1. The highest BCUT2D eigenvalue weighted by Crippen LogP contribution is 2.28. The Kier molecular flexibility index (Phi) is 3.65. The third kappa shape index (κ3) is 2.53. The zero-order valence-electron chi connectivity index (χ0n) is 10.6. The van der Waals surface area contributed by atoms with Crippen LogP contribution >= 0.6 is 0 Å². The van der Waals surface area contributed by atoms with Crippen molar-refractivity contribution in [3.63, 3.8) is 0 Å². The Morgan fingerprint density at radius 1 is 1.33 bits per heavy atom. The molecule has 0 radical (unpaired) electrons. The van der Waals surface area contributed by atoms with Gasteiger partial charge in [-0.15, -0.1) is 0 Å². The molecule has 1 aromatic carbocycles. The molecule has 0 aliphatic carbocycles. The number of ether oxygens (including phenoxy) is 1. The van der Waals surface area contributed by atoms with Crippen LogP contribution in [0.3, 0.4) is 0 Å². The molecule has 2 rings (SSSR count). The number of hydrogen-bond acceptors (Lipinski definition) is 3. The van der Waals surface area contributed by atoms with Crippen molar-refractivity contribution in [2.75, 3.05) is 6.61 Å². The van der Waals surface area contributed by atoms with Crippen LogP contribution in [-0.4, -0.2) is 29.4 Å². The molecule has 4 nitrogen and oxygen atoms in total. The molecule has 0 N–H and O–H groups in total. The molecule has 1 amide bonds. The lowest BCUT2D eigenvalue weighted by Crippen LogP contribution is -2.60. The van der Waals surface area contributed by atoms with Crippen LogP contribution < -0.4 is 0 Å². The number of likely N-dealkylation sites (tertiary alicyclic amines) is 1. The van der Waals surface area contributed by atoms with Gasteiger partial charge in [0, 0.05) is 19.5 Å². The van der Waals surface area contributed by atoms with Crippen LogP contribution in [0.1, 0.15) is 19.4 Å². The van der Waals surface area contributed by atoms with E-state index < -0.39 is 0 Å². The van der Waals surface area contributed by atoms with Crippen LogP contribution in [0.25, 0.3) is 0 Å². The van der Waals surface area contributed by atoms with Crippen molar-refractivity contribution >= 4 is 11.9 Å². The van der Waals surface area contributed by atoms with Gasteiger partial charge < -0.3 is 9.64 Å². The summed E-state index contributed by atoms with van der Waals surface area (Å²) < 4.78 is 4.90. The molecule has 96 valence electrons. The van der Waals surface area contributed by atoms with E-state index in [-0.39, 0.29) is 30.4 Å². The average Bonchev–Trinajstić information content (AvgIpc) is 2.37. The van der Waals surface area contributed by atoms with Gasteiger partial charge in [-0.2, -0.15) is 0 Å². The molecule has 0 bridgehead atoms. The molecule has 0 spiro atoms. The lowest BCUT2D eigenvalue weighted by Gasteiger charge is -2.45.